The molecule has 1 heteroatoms. The Morgan fingerprint density at radius 3 is 2.44 bits per heavy atom. The van der Waals surface area contributed by atoms with Gasteiger partial charge in [-0.1, -0.05) is 33.3 Å². The quantitative estimate of drug-likeness (QED) is 0.618. The zero-order valence-corrected chi connectivity index (χ0v) is 6.65. The molecule has 9 heavy (non-hydrogen) atoms. The lowest BCUT2D eigenvalue weighted by Gasteiger charge is -1.99. The van der Waals surface area contributed by atoms with E-state index in [1.54, 1.807) is 0 Å². The van der Waals surface area contributed by atoms with Gasteiger partial charge in [-0.05, 0) is 12.3 Å². The van der Waals surface area contributed by atoms with E-state index in [2.05, 4.69) is 26.8 Å². The largest absolute Gasteiger partial charge is 0.402 e. The predicted octanol–water partition coefficient (Wildman–Crippen LogP) is 2.29. The van der Waals surface area contributed by atoms with Gasteiger partial charge in [0, 0.05) is 5.70 Å². The fourth-order valence-corrected chi connectivity index (χ4v) is 0.800. The summed E-state index contributed by atoms with van der Waals surface area (Å²) in [5.41, 5.74) is 6.68. The summed E-state index contributed by atoms with van der Waals surface area (Å²) in [4.78, 5) is 0. The average molecular weight is 127 g/mol. The maximum Gasteiger partial charge on any atom is 0.00424 e. The minimum atomic E-state index is 0.594. The molecule has 0 amide bonds. The van der Waals surface area contributed by atoms with Gasteiger partial charge >= 0.3 is 0 Å². The zero-order chi connectivity index (χ0) is 7.28. The Hall–Kier alpha value is -0.460. The smallest absolute Gasteiger partial charge is 0.00424 e. The standard InChI is InChI=1S/C8H17N/c1-4-5-8(9)6-7(2)3/h6-7H,4-5,9H2,1-3H3. The second-order valence-electron chi connectivity index (χ2n) is 2.74. The van der Waals surface area contributed by atoms with Gasteiger partial charge in [-0.2, -0.15) is 0 Å². The molecule has 0 heterocycles. The number of hydrogen-bond donors (Lipinski definition) is 1. The number of hydrogen-bond acceptors (Lipinski definition) is 1. The Kier molecular flexibility index (Phi) is 4.20. The Bertz CT molecular complexity index is 92.7. The summed E-state index contributed by atoms with van der Waals surface area (Å²) in [6, 6.07) is 0. The van der Waals surface area contributed by atoms with Crippen molar-refractivity contribution in [1.29, 1.82) is 0 Å². The average Bonchev–Trinajstić information content (AvgIpc) is 1.63. The van der Waals surface area contributed by atoms with Crippen molar-refractivity contribution in [3.63, 3.8) is 0 Å². The Morgan fingerprint density at radius 2 is 2.11 bits per heavy atom. The van der Waals surface area contributed by atoms with E-state index < -0.39 is 0 Å². The van der Waals surface area contributed by atoms with Crippen LogP contribution in [0.25, 0.3) is 0 Å². The lowest BCUT2D eigenvalue weighted by atomic mass is 10.1. The molecule has 0 aliphatic heterocycles. The summed E-state index contributed by atoms with van der Waals surface area (Å²) >= 11 is 0. The topological polar surface area (TPSA) is 26.0 Å². The van der Waals surface area contributed by atoms with E-state index in [4.69, 9.17) is 5.73 Å². The number of nitrogens with two attached hydrogens (primary N) is 1. The van der Waals surface area contributed by atoms with Crippen LogP contribution in [-0.2, 0) is 0 Å². The second-order valence-corrected chi connectivity index (χ2v) is 2.74. The number of rotatable bonds is 3. The molecule has 2 N–H and O–H groups in total. The van der Waals surface area contributed by atoms with E-state index in [0.29, 0.717) is 5.92 Å². The van der Waals surface area contributed by atoms with E-state index in [1.165, 1.54) is 0 Å². The molecule has 0 aromatic rings. The summed E-state index contributed by atoms with van der Waals surface area (Å²) in [5, 5.41) is 0. The predicted molar refractivity (Wildman–Crippen MR) is 42.0 cm³/mol. The van der Waals surface area contributed by atoms with Crippen molar-refractivity contribution in [2.75, 3.05) is 0 Å². The molecule has 0 saturated heterocycles. The molecule has 0 fully saturated rings. The molecule has 1 nitrogen and oxygen atoms in total. The van der Waals surface area contributed by atoms with Crippen molar-refractivity contribution >= 4 is 0 Å². The summed E-state index contributed by atoms with van der Waals surface area (Å²) in [6.07, 6.45) is 4.30. The molecule has 0 atom stereocenters. The van der Waals surface area contributed by atoms with Crippen LogP contribution < -0.4 is 5.73 Å². The summed E-state index contributed by atoms with van der Waals surface area (Å²) < 4.78 is 0. The molecular weight excluding hydrogens is 110 g/mol. The molecule has 54 valence electrons. The van der Waals surface area contributed by atoms with Crippen LogP contribution in [0.1, 0.15) is 33.6 Å². The van der Waals surface area contributed by atoms with Crippen LogP contribution in [-0.4, -0.2) is 0 Å². The fraction of sp³-hybridized carbons (Fsp3) is 0.750. The Balaban J connectivity index is 3.55. The van der Waals surface area contributed by atoms with Gasteiger partial charge in [0.05, 0.1) is 0 Å². The first-order valence-electron chi connectivity index (χ1n) is 3.63. The molecule has 0 aromatic carbocycles. The Labute approximate surface area is 57.9 Å². The summed E-state index contributed by atoms with van der Waals surface area (Å²) in [5.74, 6) is 0.594. The van der Waals surface area contributed by atoms with Crippen molar-refractivity contribution in [3.8, 4) is 0 Å². The maximum atomic E-state index is 5.65. The van der Waals surface area contributed by atoms with E-state index in [9.17, 15) is 0 Å². The number of allylic oxidation sites excluding steroid dienone is 2. The molecule has 0 spiro atoms. The van der Waals surface area contributed by atoms with Crippen LogP contribution in [0.4, 0.5) is 0 Å². The van der Waals surface area contributed by atoms with Gasteiger partial charge < -0.3 is 5.73 Å². The molecule has 0 saturated carbocycles. The molecule has 0 aliphatic carbocycles. The van der Waals surface area contributed by atoms with Gasteiger partial charge in [0.2, 0.25) is 0 Å². The van der Waals surface area contributed by atoms with Gasteiger partial charge in [0.25, 0.3) is 0 Å². The molecule has 0 rings (SSSR count). The third kappa shape index (κ3) is 5.41. The highest BCUT2D eigenvalue weighted by Crippen LogP contribution is 2.02. The molecule has 0 bridgehead atoms. The third-order valence-corrected chi connectivity index (χ3v) is 1.09. The monoisotopic (exact) mass is 127 g/mol. The highest BCUT2D eigenvalue weighted by molar-refractivity contribution is 4.97. The van der Waals surface area contributed by atoms with E-state index >= 15 is 0 Å². The van der Waals surface area contributed by atoms with Crippen LogP contribution in [0.5, 0.6) is 0 Å². The minimum absolute atomic E-state index is 0.594. The van der Waals surface area contributed by atoms with E-state index in [-0.39, 0.29) is 0 Å². The first kappa shape index (κ1) is 8.54. The molecule has 0 aromatic heterocycles. The summed E-state index contributed by atoms with van der Waals surface area (Å²) in [6.45, 7) is 6.42. The van der Waals surface area contributed by atoms with Crippen LogP contribution >= 0.6 is 0 Å². The van der Waals surface area contributed by atoms with Crippen molar-refractivity contribution in [1.82, 2.24) is 0 Å². The van der Waals surface area contributed by atoms with Crippen LogP contribution in [0.3, 0.4) is 0 Å². The van der Waals surface area contributed by atoms with Crippen LogP contribution in [0.2, 0.25) is 0 Å². The Morgan fingerprint density at radius 1 is 1.56 bits per heavy atom. The van der Waals surface area contributed by atoms with Gasteiger partial charge in [-0.25, -0.2) is 0 Å². The summed E-state index contributed by atoms with van der Waals surface area (Å²) in [7, 11) is 0. The highest BCUT2D eigenvalue weighted by atomic mass is 14.6. The van der Waals surface area contributed by atoms with Gasteiger partial charge in [-0.15, -0.1) is 0 Å². The fourth-order valence-electron chi connectivity index (χ4n) is 0.800. The molecule has 0 unspecified atom stereocenters. The van der Waals surface area contributed by atoms with Gasteiger partial charge in [0.1, 0.15) is 0 Å². The SMILES string of the molecule is CCCC(N)=CC(C)C. The van der Waals surface area contributed by atoms with Crippen LogP contribution in [0, 0.1) is 5.92 Å². The first-order chi connectivity index (χ1) is 4.16. The molecule has 0 radical (unpaired) electrons. The van der Waals surface area contributed by atoms with E-state index in [0.717, 1.165) is 18.5 Å². The molecular formula is C8H17N. The van der Waals surface area contributed by atoms with Crippen molar-refractivity contribution in [2.24, 2.45) is 11.7 Å². The first-order valence-corrected chi connectivity index (χ1v) is 3.63. The van der Waals surface area contributed by atoms with Crippen molar-refractivity contribution in [3.05, 3.63) is 11.8 Å². The zero-order valence-electron chi connectivity index (χ0n) is 6.65. The van der Waals surface area contributed by atoms with Crippen LogP contribution in [0.15, 0.2) is 11.8 Å². The second kappa shape index (κ2) is 4.42. The lowest BCUT2D eigenvalue weighted by Crippen LogP contribution is -1.98. The van der Waals surface area contributed by atoms with Crippen molar-refractivity contribution < 1.29 is 0 Å². The van der Waals surface area contributed by atoms with Crippen molar-refractivity contribution in [2.45, 2.75) is 33.6 Å². The maximum absolute atomic E-state index is 5.65. The van der Waals surface area contributed by atoms with E-state index in [1.807, 2.05) is 0 Å². The normalized spacial score (nSPS) is 12.7. The lowest BCUT2D eigenvalue weighted by molar-refractivity contribution is 0.793. The minimum Gasteiger partial charge on any atom is -0.402 e. The highest BCUT2D eigenvalue weighted by Gasteiger charge is 1.89. The third-order valence-electron chi connectivity index (χ3n) is 1.09. The van der Waals surface area contributed by atoms with Gasteiger partial charge in [-0.3, -0.25) is 0 Å². The van der Waals surface area contributed by atoms with Gasteiger partial charge in [0.15, 0.2) is 0 Å². The molecule has 0 aliphatic rings.